The van der Waals surface area contributed by atoms with E-state index in [1.807, 2.05) is 0 Å². The Morgan fingerprint density at radius 3 is 1.19 bits per heavy atom. The van der Waals surface area contributed by atoms with Crippen molar-refractivity contribution >= 4 is 0 Å². The second-order valence-corrected chi connectivity index (χ2v) is 12.9. The van der Waals surface area contributed by atoms with Gasteiger partial charge in [-0.15, -0.1) is 0 Å². The van der Waals surface area contributed by atoms with Crippen molar-refractivity contribution in [2.45, 2.75) is 175 Å². The molecule has 0 spiro atoms. The molecule has 2 heteroatoms. The summed E-state index contributed by atoms with van der Waals surface area (Å²) in [6.45, 7) is 8.44. The lowest BCUT2D eigenvalue weighted by atomic mass is 10.0. The van der Waals surface area contributed by atoms with E-state index in [0.717, 1.165) is 25.4 Å². The van der Waals surface area contributed by atoms with Gasteiger partial charge in [0.2, 0.25) is 0 Å². The first kappa shape index (κ1) is 37.4. The van der Waals surface area contributed by atoms with Gasteiger partial charge in [0.25, 0.3) is 0 Å². The molecule has 2 aromatic rings. The lowest BCUT2D eigenvalue weighted by Crippen LogP contribution is -2.01. The highest BCUT2D eigenvalue weighted by Crippen LogP contribution is 2.26. The zero-order valence-electron chi connectivity index (χ0n) is 28.7. The van der Waals surface area contributed by atoms with Crippen molar-refractivity contribution < 1.29 is 9.47 Å². The topological polar surface area (TPSA) is 18.5 Å². The highest BCUT2D eigenvalue weighted by Gasteiger charge is 2.07. The fourth-order valence-electron chi connectivity index (χ4n) is 5.95. The number of hydrogen-bond donors (Lipinski definition) is 0. The van der Waals surface area contributed by atoms with Gasteiger partial charge < -0.3 is 9.47 Å². The number of benzene rings is 2. The molecule has 0 aromatic heterocycles. The van der Waals surface area contributed by atoms with E-state index in [4.69, 9.17) is 9.47 Å². The first-order valence-corrected chi connectivity index (χ1v) is 18.7. The quantitative estimate of drug-likeness (QED) is 0.0875. The molecule has 0 amide bonds. The van der Waals surface area contributed by atoms with Gasteiger partial charge in [-0.25, -0.2) is 0 Å². The molecule has 1 atom stereocenters. The van der Waals surface area contributed by atoms with Gasteiger partial charge in [0.1, 0.15) is 5.75 Å². The van der Waals surface area contributed by atoms with Crippen LogP contribution in [0.1, 0.15) is 180 Å². The Morgan fingerprint density at radius 2 is 0.767 bits per heavy atom. The van der Waals surface area contributed by atoms with Crippen LogP contribution in [-0.4, -0.2) is 13.2 Å². The lowest BCUT2D eigenvalue weighted by molar-refractivity contribution is 0.0627. The van der Waals surface area contributed by atoms with Crippen LogP contribution in [0.2, 0.25) is 0 Å². The van der Waals surface area contributed by atoms with Gasteiger partial charge in [-0.3, -0.25) is 0 Å². The summed E-state index contributed by atoms with van der Waals surface area (Å²) >= 11 is 0. The summed E-state index contributed by atoms with van der Waals surface area (Å²) in [6.07, 6.45) is 31.7. The predicted octanol–water partition coefficient (Wildman–Crippen LogP) is 13.8. The number of hydrogen-bond acceptors (Lipinski definition) is 2. The fourth-order valence-corrected chi connectivity index (χ4v) is 5.95. The summed E-state index contributed by atoms with van der Waals surface area (Å²) < 4.78 is 12.2. The molecule has 0 radical (unpaired) electrons. The molecule has 1 unspecified atom stereocenters. The van der Waals surface area contributed by atoms with E-state index in [9.17, 15) is 0 Å². The van der Waals surface area contributed by atoms with Crippen LogP contribution in [0.5, 0.6) is 5.75 Å². The van der Waals surface area contributed by atoms with E-state index >= 15 is 0 Å². The minimum absolute atomic E-state index is 0.147. The Morgan fingerprint density at radius 1 is 0.419 bits per heavy atom. The zero-order chi connectivity index (χ0) is 30.6. The van der Waals surface area contributed by atoms with Crippen molar-refractivity contribution in [2.24, 2.45) is 0 Å². The predicted molar refractivity (Wildman–Crippen MR) is 189 cm³/mol. The highest BCUT2D eigenvalue weighted by atomic mass is 16.5. The maximum Gasteiger partial charge on any atom is 0.119 e. The molecule has 0 aliphatic rings. The van der Waals surface area contributed by atoms with Crippen LogP contribution in [-0.2, 0) is 4.74 Å². The molecule has 2 rings (SSSR count). The Kier molecular flexibility index (Phi) is 23.1. The first-order chi connectivity index (χ1) is 21.2. The smallest absolute Gasteiger partial charge is 0.119 e. The van der Waals surface area contributed by atoms with Crippen LogP contribution in [0, 0.1) is 0 Å². The van der Waals surface area contributed by atoms with Crippen LogP contribution >= 0.6 is 0 Å². The average Bonchev–Trinajstić information content (AvgIpc) is 3.04. The number of unbranched alkanes of at least 4 members (excludes halogenated alkanes) is 21. The van der Waals surface area contributed by atoms with E-state index in [-0.39, 0.29) is 6.10 Å². The number of ether oxygens (including phenoxy) is 2. The minimum Gasteiger partial charge on any atom is -0.494 e. The summed E-state index contributed by atoms with van der Waals surface area (Å²) in [5.41, 5.74) is 3.74. The van der Waals surface area contributed by atoms with Crippen molar-refractivity contribution in [3.8, 4) is 16.9 Å². The number of rotatable bonds is 29. The summed E-state index contributed by atoms with van der Waals surface area (Å²) in [5, 5.41) is 0. The maximum atomic E-state index is 6.15. The molecule has 43 heavy (non-hydrogen) atoms. The Labute approximate surface area is 267 Å². The normalized spacial score (nSPS) is 12.1. The van der Waals surface area contributed by atoms with Gasteiger partial charge in [-0.2, -0.15) is 0 Å². The molecular formula is C41H68O2. The molecule has 2 aromatic carbocycles. The van der Waals surface area contributed by atoms with E-state index in [1.165, 1.54) is 158 Å². The molecule has 0 saturated carbocycles. The zero-order valence-corrected chi connectivity index (χ0v) is 28.7. The van der Waals surface area contributed by atoms with E-state index in [2.05, 4.69) is 69.3 Å². The molecule has 0 aliphatic carbocycles. The third-order valence-electron chi connectivity index (χ3n) is 8.95. The summed E-state index contributed by atoms with van der Waals surface area (Å²) in [5.74, 6) is 0.980. The van der Waals surface area contributed by atoms with Crippen molar-refractivity contribution in [2.75, 3.05) is 13.2 Å². The van der Waals surface area contributed by atoms with E-state index in [1.54, 1.807) is 0 Å². The molecule has 0 saturated heterocycles. The molecule has 0 heterocycles. The van der Waals surface area contributed by atoms with Crippen molar-refractivity contribution in [1.82, 2.24) is 0 Å². The van der Waals surface area contributed by atoms with Gasteiger partial charge in [0.15, 0.2) is 0 Å². The van der Waals surface area contributed by atoms with Crippen molar-refractivity contribution in [3.05, 3.63) is 54.1 Å². The lowest BCUT2D eigenvalue weighted by Gasteiger charge is -2.14. The monoisotopic (exact) mass is 593 g/mol. The molecule has 2 nitrogen and oxygen atoms in total. The molecular weight excluding hydrogens is 524 g/mol. The van der Waals surface area contributed by atoms with Gasteiger partial charge in [-0.1, -0.05) is 185 Å². The van der Waals surface area contributed by atoms with Crippen molar-refractivity contribution in [3.63, 3.8) is 0 Å². The van der Waals surface area contributed by atoms with Gasteiger partial charge in [0, 0.05) is 6.61 Å². The summed E-state index contributed by atoms with van der Waals surface area (Å²) in [7, 11) is 0. The van der Waals surface area contributed by atoms with E-state index < -0.39 is 0 Å². The molecule has 0 N–H and O–H groups in total. The van der Waals surface area contributed by atoms with Gasteiger partial charge in [-0.05, 0) is 48.6 Å². The summed E-state index contributed by atoms with van der Waals surface area (Å²) in [4.78, 5) is 0. The van der Waals surface area contributed by atoms with Crippen LogP contribution < -0.4 is 4.74 Å². The van der Waals surface area contributed by atoms with Crippen molar-refractivity contribution in [1.29, 1.82) is 0 Å². The SMILES string of the molecule is CCCCCCCCCCCCCCOc1ccc(-c2ccc(C(C)OCCCCCCCCCCCCC)cc2)cc1. The van der Waals surface area contributed by atoms with E-state index in [0.29, 0.717) is 0 Å². The van der Waals surface area contributed by atoms with Gasteiger partial charge in [0.05, 0.1) is 12.7 Å². The van der Waals surface area contributed by atoms with Crippen LogP contribution in [0.15, 0.2) is 48.5 Å². The summed E-state index contributed by atoms with van der Waals surface area (Å²) in [6, 6.07) is 17.5. The Bertz CT molecular complexity index is 856. The van der Waals surface area contributed by atoms with Crippen LogP contribution in [0.25, 0.3) is 11.1 Å². The fraction of sp³-hybridized carbons (Fsp3) is 0.707. The second kappa shape index (κ2) is 26.6. The molecule has 0 bridgehead atoms. The third-order valence-corrected chi connectivity index (χ3v) is 8.95. The third kappa shape index (κ3) is 19.3. The van der Waals surface area contributed by atoms with Gasteiger partial charge >= 0.3 is 0 Å². The second-order valence-electron chi connectivity index (χ2n) is 12.9. The minimum atomic E-state index is 0.147. The van der Waals surface area contributed by atoms with Crippen LogP contribution in [0.3, 0.4) is 0 Å². The molecule has 0 aliphatic heterocycles. The highest BCUT2D eigenvalue weighted by molar-refractivity contribution is 5.64. The molecule has 0 fully saturated rings. The van der Waals surface area contributed by atoms with Crippen LogP contribution in [0.4, 0.5) is 0 Å². The Balaban J connectivity index is 1.50. The Hall–Kier alpha value is -1.80. The largest absolute Gasteiger partial charge is 0.494 e. The standard InChI is InChI=1S/C41H68O2/c1-4-6-8-10-12-14-16-18-20-22-24-26-36-43-41-33-31-40(32-34-41)39-29-27-38(28-30-39)37(3)42-35-25-23-21-19-17-15-13-11-9-7-5-2/h27-34,37H,4-26,35-36H2,1-3H3. The maximum absolute atomic E-state index is 6.15. The molecule has 244 valence electrons. The first-order valence-electron chi connectivity index (χ1n) is 18.7. The average molecular weight is 593 g/mol.